The van der Waals surface area contributed by atoms with Crippen LogP contribution in [0.5, 0.6) is 0 Å². The Morgan fingerprint density at radius 3 is 2.07 bits per heavy atom. The molecule has 0 bridgehead atoms. The van der Waals surface area contributed by atoms with Gasteiger partial charge in [0, 0.05) is 6.54 Å². The van der Waals surface area contributed by atoms with E-state index < -0.39 is 0 Å². The lowest BCUT2D eigenvalue weighted by Crippen LogP contribution is -2.41. The number of hydrogen-bond donors (Lipinski definition) is 1. The minimum Gasteiger partial charge on any atom is -0.330 e. The summed E-state index contributed by atoms with van der Waals surface area (Å²) in [7, 11) is 2.22. The summed E-state index contributed by atoms with van der Waals surface area (Å²) in [5.41, 5.74) is 6.25. The second-order valence-corrected chi connectivity index (χ2v) is 5.33. The van der Waals surface area contributed by atoms with Gasteiger partial charge in [-0.3, -0.25) is 0 Å². The maximum Gasteiger partial charge on any atom is 0.00468 e. The van der Waals surface area contributed by atoms with Gasteiger partial charge in [0.1, 0.15) is 0 Å². The Morgan fingerprint density at radius 1 is 1.20 bits per heavy atom. The molecule has 0 aromatic rings. The first-order valence-electron chi connectivity index (χ1n) is 6.38. The Bertz CT molecular complexity index is 142. The highest BCUT2D eigenvalue weighted by Crippen LogP contribution is 2.25. The van der Waals surface area contributed by atoms with E-state index >= 15 is 0 Å². The van der Waals surface area contributed by atoms with Crippen LogP contribution in [-0.4, -0.2) is 31.6 Å². The van der Waals surface area contributed by atoms with E-state index in [0.29, 0.717) is 5.41 Å². The van der Waals surface area contributed by atoms with Crippen LogP contribution in [0.25, 0.3) is 0 Å². The molecule has 0 aromatic heterocycles. The second-order valence-electron chi connectivity index (χ2n) is 5.33. The highest BCUT2D eigenvalue weighted by Gasteiger charge is 2.25. The largest absolute Gasteiger partial charge is 0.330 e. The summed E-state index contributed by atoms with van der Waals surface area (Å²) in [6.45, 7) is 12.2. The molecule has 0 spiro atoms. The fourth-order valence-electron chi connectivity index (χ4n) is 1.96. The maximum absolute atomic E-state index is 5.91. The zero-order chi connectivity index (χ0) is 11.9. The number of hydrogen-bond acceptors (Lipinski definition) is 2. The Hall–Kier alpha value is -0.0800. The molecule has 0 heterocycles. The van der Waals surface area contributed by atoms with Crippen molar-refractivity contribution >= 4 is 0 Å². The normalized spacial score (nSPS) is 12.8. The van der Waals surface area contributed by atoms with Gasteiger partial charge in [-0.15, -0.1) is 0 Å². The van der Waals surface area contributed by atoms with E-state index in [4.69, 9.17) is 5.73 Å². The molecule has 0 saturated heterocycles. The fraction of sp³-hybridized carbons (Fsp3) is 1.00. The molecule has 0 saturated carbocycles. The molecule has 15 heavy (non-hydrogen) atoms. The van der Waals surface area contributed by atoms with Crippen LogP contribution in [0.3, 0.4) is 0 Å². The van der Waals surface area contributed by atoms with E-state index in [1.807, 2.05) is 0 Å². The van der Waals surface area contributed by atoms with E-state index in [9.17, 15) is 0 Å². The van der Waals surface area contributed by atoms with Gasteiger partial charge in [-0.1, -0.05) is 27.7 Å². The lowest BCUT2D eigenvalue weighted by molar-refractivity contribution is 0.162. The molecule has 0 unspecified atom stereocenters. The number of nitrogens with two attached hydrogens (primary N) is 1. The van der Waals surface area contributed by atoms with Crippen molar-refractivity contribution in [2.45, 2.75) is 47.0 Å². The van der Waals surface area contributed by atoms with E-state index in [-0.39, 0.29) is 0 Å². The van der Waals surface area contributed by atoms with Crippen LogP contribution in [-0.2, 0) is 0 Å². The third-order valence-corrected chi connectivity index (χ3v) is 3.63. The van der Waals surface area contributed by atoms with E-state index in [0.717, 1.165) is 19.0 Å². The average molecular weight is 214 g/mol. The summed E-state index contributed by atoms with van der Waals surface area (Å²) in [6, 6.07) is 0. The molecule has 0 atom stereocenters. The van der Waals surface area contributed by atoms with Gasteiger partial charge >= 0.3 is 0 Å². The molecule has 0 radical (unpaired) electrons. The standard InChI is InChI=1S/C13H30N2/c1-6-13(7-2,10-14)11-15(5)9-8-12(3)4/h12H,6-11,14H2,1-5H3. The molecule has 0 aliphatic carbocycles. The minimum atomic E-state index is 0.339. The van der Waals surface area contributed by atoms with Gasteiger partial charge in [0.2, 0.25) is 0 Å². The molecule has 0 aromatic carbocycles. The van der Waals surface area contributed by atoms with Crippen molar-refractivity contribution in [2.24, 2.45) is 17.1 Å². The van der Waals surface area contributed by atoms with Gasteiger partial charge in [-0.05, 0) is 50.7 Å². The van der Waals surface area contributed by atoms with Gasteiger partial charge in [-0.25, -0.2) is 0 Å². The predicted molar refractivity (Wildman–Crippen MR) is 69.0 cm³/mol. The minimum absolute atomic E-state index is 0.339. The molecule has 92 valence electrons. The molecular formula is C13H30N2. The van der Waals surface area contributed by atoms with Crippen LogP contribution in [0.15, 0.2) is 0 Å². The molecule has 0 rings (SSSR count). The molecular weight excluding hydrogens is 184 g/mol. The van der Waals surface area contributed by atoms with Crippen LogP contribution >= 0.6 is 0 Å². The van der Waals surface area contributed by atoms with Crippen LogP contribution in [0, 0.1) is 11.3 Å². The Labute approximate surface area is 96.2 Å². The van der Waals surface area contributed by atoms with Crippen molar-refractivity contribution in [3.05, 3.63) is 0 Å². The van der Waals surface area contributed by atoms with Gasteiger partial charge in [0.05, 0.1) is 0 Å². The summed E-state index contributed by atoms with van der Waals surface area (Å²) in [5.74, 6) is 0.794. The average Bonchev–Trinajstić information content (AvgIpc) is 2.23. The Kier molecular flexibility index (Phi) is 7.20. The Balaban J connectivity index is 4.05. The topological polar surface area (TPSA) is 29.3 Å². The first-order chi connectivity index (χ1) is 6.99. The number of nitrogens with zero attached hydrogens (tertiary/aromatic N) is 1. The third kappa shape index (κ3) is 5.53. The smallest absolute Gasteiger partial charge is 0.00468 e. The fourth-order valence-corrected chi connectivity index (χ4v) is 1.96. The molecule has 2 heteroatoms. The summed E-state index contributed by atoms with van der Waals surface area (Å²) < 4.78 is 0. The van der Waals surface area contributed by atoms with Gasteiger partial charge in [0.25, 0.3) is 0 Å². The van der Waals surface area contributed by atoms with Crippen molar-refractivity contribution in [3.8, 4) is 0 Å². The second kappa shape index (κ2) is 7.24. The lowest BCUT2D eigenvalue weighted by atomic mass is 9.82. The maximum atomic E-state index is 5.91. The molecule has 0 fully saturated rings. The first-order valence-corrected chi connectivity index (χ1v) is 6.38. The van der Waals surface area contributed by atoms with Crippen LogP contribution in [0.1, 0.15) is 47.0 Å². The molecule has 0 amide bonds. The van der Waals surface area contributed by atoms with Crippen LogP contribution in [0.4, 0.5) is 0 Å². The van der Waals surface area contributed by atoms with Crippen molar-refractivity contribution in [2.75, 3.05) is 26.7 Å². The Morgan fingerprint density at radius 2 is 1.73 bits per heavy atom. The summed E-state index contributed by atoms with van der Waals surface area (Å²) in [4.78, 5) is 2.44. The van der Waals surface area contributed by atoms with Gasteiger partial charge in [0.15, 0.2) is 0 Å². The molecule has 0 aliphatic rings. The van der Waals surface area contributed by atoms with E-state index in [1.54, 1.807) is 0 Å². The highest BCUT2D eigenvalue weighted by molar-refractivity contribution is 4.80. The van der Waals surface area contributed by atoms with Crippen LogP contribution < -0.4 is 5.73 Å². The van der Waals surface area contributed by atoms with Crippen LogP contribution in [0.2, 0.25) is 0 Å². The van der Waals surface area contributed by atoms with Crippen molar-refractivity contribution in [1.29, 1.82) is 0 Å². The number of rotatable bonds is 8. The molecule has 0 aliphatic heterocycles. The highest BCUT2D eigenvalue weighted by atomic mass is 15.1. The molecule has 2 nitrogen and oxygen atoms in total. The monoisotopic (exact) mass is 214 g/mol. The summed E-state index contributed by atoms with van der Waals surface area (Å²) in [5, 5.41) is 0. The van der Waals surface area contributed by atoms with E-state index in [1.165, 1.54) is 25.8 Å². The van der Waals surface area contributed by atoms with Gasteiger partial charge < -0.3 is 10.6 Å². The van der Waals surface area contributed by atoms with Gasteiger partial charge in [-0.2, -0.15) is 0 Å². The predicted octanol–water partition coefficient (Wildman–Crippen LogP) is 2.73. The molecule has 2 N–H and O–H groups in total. The summed E-state index contributed by atoms with van der Waals surface area (Å²) in [6.07, 6.45) is 3.66. The van der Waals surface area contributed by atoms with Crippen molar-refractivity contribution < 1.29 is 0 Å². The zero-order valence-corrected chi connectivity index (χ0v) is 11.3. The third-order valence-electron chi connectivity index (χ3n) is 3.63. The first kappa shape index (κ1) is 14.9. The SMILES string of the molecule is CCC(CC)(CN)CN(C)CCC(C)C. The van der Waals surface area contributed by atoms with Crippen molar-refractivity contribution in [3.63, 3.8) is 0 Å². The van der Waals surface area contributed by atoms with Crippen molar-refractivity contribution in [1.82, 2.24) is 4.90 Å². The quantitative estimate of drug-likeness (QED) is 0.673. The van der Waals surface area contributed by atoms with E-state index in [2.05, 4.69) is 39.6 Å². The lowest BCUT2D eigenvalue weighted by Gasteiger charge is -2.34. The summed E-state index contributed by atoms with van der Waals surface area (Å²) >= 11 is 0. The zero-order valence-electron chi connectivity index (χ0n) is 11.3.